The Morgan fingerprint density at radius 2 is 2.09 bits per heavy atom. The van der Waals surface area contributed by atoms with Crippen molar-refractivity contribution in [2.45, 2.75) is 38.8 Å². The monoisotopic (exact) mass is 387 g/mol. The lowest BCUT2D eigenvalue weighted by molar-refractivity contribution is -0.190. The molecule has 7 heteroatoms. The van der Waals surface area contributed by atoms with E-state index in [-0.39, 0.29) is 18.1 Å². The van der Waals surface area contributed by atoms with Crippen LogP contribution >= 0.6 is 15.9 Å². The fraction of sp³-hybridized carbons (Fsp3) is 0.500. The van der Waals surface area contributed by atoms with Crippen molar-refractivity contribution in [1.82, 2.24) is 5.32 Å². The van der Waals surface area contributed by atoms with Gasteiger partial charge in [-0.3, -0.25) is 4.79 Å². The first-order valence-corrected chi connectivity index (χ1v) is 8.07. The Morgan fingerprint density at radius 1 is 1.43 bits per heavy atom. The molecule has 0 bridgehead atoms. The summed E-state index contributed by atoms with van der Waals surface area (Å²) in [5.74, 6) is -2.33. The van der Waals surface area contributed by atoms with Crippen molar-refractivity contribution in [3.05, 3.63) is 34.1 Å². The molecule has 1 aromatic rings. The number of ether oxygens (including phenoxy) is 1. The molecule has 0 aliphatic heterocycles. The van der Waals surface area contributed by atoms with Crippen LogP contribution in [0.15, 0.2) is 22.7 Å². The topological polar surface area (TPSA) is 75.6 Å². The molecule has 1 aliphatic rings. The highest BCUT2D eigenvalue weighted by atomic mass is 79.9. The molecule has 1 aromatic carbocycles. The lowest BCUT2D eigenvalue weighted by atomic mass is 9.54. The molecule has 2 unspecified atom stereocenters. The summed E-state index contributed by atoms with van der Waals surface area (Å²) in [5, 5.41) is 12.2. The van der Waals surface area contributed by atoms with Gasteiger partial charge in [0, 0.05) is 28.5 Å². The number of rotatable bonds is 5. The number of carbonyl (C=O) groups excluding carboxylic acids is 1. The highest BCUT2D eigenvalue weighted by Crippen LogP contribution is 2.51. The summed E-state index contributed by atoms with van der Waals surface area (Å²) < 4.78 is 19.4. The predicted octanol–water partition coefficient (Wildman–Crippen LogP) is 2.98. The Morgan fingerprint density at radius 3 is 2.57 bits per heavy atom. The van der Waals surface area contributed by atoms with Gasteiger partial charge < -0.3 is 15.2 Å². The van der Waals surface area contributed by atoms with E-state index < -0.39 is 28.6 Å². The molecule has 2 rings (SSSR count). The summed E-state index contributed by atoms with van der Waals surface area (Å²) in [6.07, 6.45) is -0.0890. The van der Waals surface area contributed by atoms with Crippen LogP contribution in [0, 0.1) is 11.2 Å². The first-order valence-electron chi connectivity index (χ1n) is 7.27. The van der Waals surface area contributed by atoms with Crippen molar-refractivity contribution >= 4 is 27.8 Å². The third-order valence-corrected chi connectivity index (χ3v) is 5.04. The summed E-state index contributed by atoms with van der Waals surface area (Å²) in [5.41, 5.74) is -2.16. The molecule has 1 amide bonds. The minimum absolute atomic E-state index is 0.0631. The number of benzene rings is 1. The molecule has 0 aromatic heterocycles. The molecule has 126 valence electrons. The Labute approximate surface area is 142 Å². The summed E-state index contributed by atoms with van der Waals surface area (Å²) >= 11 is 3.12. The molecular weight excluding hydrogens is 369 g/mol. The van der Waals surface area contributed by atoms with Crippen molar-refractivity contribution in [1.29, 1.82) is 0 Å². The maximum Gasteiger partial charge on any atom is 0.330 e. The van der Waals surface area contributed by atoms with Gasteiger partial charge in [-0.25, -0.2) is 9.18 Å². The fourth-order valence-electron chi connectivity index (χ4n) is 2.99. The van der Waals surface area contributed by atoms with Crippen LogP contribution in [0.4, 0.5) is 4.39 Å². The minimum Gasteiger partial charge on any atom is -0.479 e. The molecule has 2 N–H and O–H groups in total. The van der Waals surface area contributed by atoms with Crippen molar-refractivity contribution in [3.8, 4) is 0 Å². The predicted molar refractivity (Wildman–Crippen MR) is 85.7 cm³/mol. The zero-order chi connectivity index (χ0) is 17.4. The fourth-order valence-corrected chi connectivity index (χ4v) is 3.45. The van der Waals surface area contributed by atoms with Crippen LogP contribution in [0.5, 0.6) is 0 Å². The first kappa shape index (κ1) is 17.9. The van der Waals surface area contributed by atoms with Gasteiger partial charge in [0.25, 0.3) is 5.91 Å². The highest BCUT2D eigenvalue weighted by Gasteiger charge is 2.66. The SMILES string of the molecule is CCOC1CC(NC(=O)c2cc(F)cc(Br)c2)(C(=O)O)C1(C)C. The maximum absolute atomic E-state index is 13.4. The number of amides is 1. The van der Waals surface area contributed by atoms with Crippen LogP contribution in [0.2, 0.25) is 0 Å². The minimum atomic E-state index is -1.44. The lowest BCUT2D eigenvalue weighted by Crippen LogP contribution is -2.76. The van der Waals surface area contributed by atoms with Crippen molar-refractivity contribution < 1.29 is 23.8 Å². The number of hydrogen-bond donors (Lipinski definition) is 2. The smallest absolute Gasteiger partial charge is 0.330 e. The third kappa shape index (κ3) is 2.99. The van der Waals surface area contributed by atoms with E-state index in [2.05, 4.69) is 21.2 Å². The van der Waals surface area contributed by atoms with E-state index in [1.54, 1.807) is 13.8 Å². The van der Waals surface area contributed by atoms with Gasteiger partial charge in [0.1, 0.15) is 11.4 Å². The quantitative estimate of drug-likeness (QED) is 0.814. The molecule has 0 saturated heterocycles. The summed E-state index contributed by atoms with van der Waals surface area (Å²) in [4.78, 5) is 24.2. The number of hydrogen-bond acceptors (Lipinski definition) is 3. The molecule has 23 heavy (non-hydrogen) atoms. The Hall–Kier alpha value is -1.47. The highest BCUT2D eigenvalue weighted by molar-refractivity contribution is 9.10. The summed E-state index contributed by atoms with van der Waals surface area (Å²) in [7, 11) is 0. The standard InChI is InChI=1S/C16H19BrFNO4/c1-4-23-12-8-16(14(21)22,15(12,2)3)19-13(20)9-5-10(17)7-11(18)6-9/h5-7,12H,4,8H2,1-3H3,(H,19,20)(H,21,22). The van der Waals surface area contributed by atoms with Crippen LogP contribution in [0.1, 0.15) is 37.6 Å². The van der Waals surface area contributed by atoms with Crippen LogP contribution in [0.3, 0.4) is 0 Å². The molecule has 1 fully saturated rings. The number of halogens is 2. The van der Waals surface area contributed by atoms with Crippen LogP contribution in [-0.2, 0) is 9.53 Å². The van der Waals surface area contributed by atoms with E-state index in [1.807, 2.05) is 6.92 Å². The van der Waals surface area contributed by atoms with E-state index in [0.29, 0.717) is 11.1 Å². The van der Waals surface area contributed by atoms with Crippen LogP contribution in [0.25, 0.3) is 0 Å². The van der Waals surface area contributed by atoms with E-state index in [0.717, 1.165) is 6.07 Å². The van der Waals surface area contributed by atoms with Gasteiger partial charge in [-0.2, -0.15) is 0 Å². The van der Waals surface area contributed by atoms with E-state index >= 15 is 0 Å². The Balaban J connectivity index is 2.28. The van der Waals surface area contributed by atoms with E-state index in [1.165, 1.54) is 12.1 Å². The number of carboxylic acid groups (broad SMARTS) is 1. The van der Waals surface area contributed by atoms with Gasteiger partial charge in [-0.05, 0) is 25.1 Å². The molecule has 5 nitrogen and oxygen atoms in total. The molecule has 1 aliphatic carbocycles. The molecule has 0 radical (unpaired) electrons. The van der Waals surface area contributed by atoms with Crippen LogP contribution in [-0.4, -0.2) is 35.2 Å². The number of carboxylic acids is 1. The normalized spacial score (nSPS) is 25.5. The number of aliphatic carboxylic acids is 1. The summed E-state index contributed by atoms with van der Waals surface area (Å²) in [6.45, 7) is 5.79. The van der Waals surface area contributed by atoms with Gasteiger partial charge in [0.05, 0.1) is 6.10 Å². The van der Waals surface area contributed by atoms with Crippen molar-refractivity contribution in [2.75, 3.05) is 6.61 Å². The molecule has 1 saturated carbocycles. The summed E-state index contributed by atoms with van der Waals surface area (Å²) in [6, 6.07) is 3.74. The van der Waals surface area contributed by atoms with E-state index in [9.17, 15) is 19.1 Å². The van der Waals surface area contributed by atoms with Gasteiger partial charge >= 0.3 is 5.97 Å². The zero-order valence-corrected chi connectivity index (χ0v) is 14.7. The molecule has 0 heterocycles. The average molecular weight is 388 g/mol. The number of nitrogens with one attached hydrogen (secondary N) is 1. The second-order valence-electron chi connectivity index (χ2n) is 6.19. The molecular formula is C16H19BrFNO4. The van der Waals surface area contributed by atoms with Gasteiger partial charge in [0.15, 0.2) is 0 Å². The maximum atomic E-state index is 13.4. The Kier molecular flexibility index (Phi) is 4.82. The third-order valence-electron chi connectivity index (χ3n) is 4.58. The lowest BCUT2D eigenvalue weighted by Gasteiger charge is -2.58. The number of carbonyl (C=O) groups is 2. The average Bonchev–Trinajstić information content (AvgIpc) is 2.44. The molecule has 2 atom stereocenters. The Bertz CT molecular complexity index is 629. The van der Waals surface area contributed by atoms with Crippen molar-refractivity contribution in [2.24, 2.45) is 5.41 Å². The van der Waals surface area contributed by atoms with Gasteiger partial charge in [-0.15, -0.1) is 0 Å². The van der Waals surface area contributed by atoms with Gasteiger partial charge in [-0.1, -0.05) is 29.8 Å². The first-order chi connectivity index (χ1) is 10.6. The van der Waals surface area contributed by atoms with E-state index in [4.69, 9.17) is 4.74 Å². The van der Waals surface area contributed by atoms with Crippen LogP contribution < -0.4 is 5.32 Å². The zero-order valence-electron chi connectivity index (χ0n) is 13.2. The second kappa shape index (κ2) is 6.20. The van der Waals surface area contributed by atoms with Crippen molar-refractivity contribution in [3.63, 3.8) is 0 Å². The second-order valence-corrected chi connectivity index (χ2v) is 7.11. The largest absolute Gasteiger partial charge is 0.479 e. The molecule has 0 spiro atoms. The van der Waals surface area contributed by atoms with Gasteiger partial charge in [0.2, 0.25) is 0 Å².